The van der Waals surface area contributed by atoms with Crippen LogP contribution in [0.15, 0.2) is 90.0 Å². The number of carbonyl (C=O) groups excluding carboxylic acids is 2. The summed E-state index contributed by atoms with van der Waals surface area (Å²) in [5.74, 6) is -7.01. The van der Waals surface area contributed by atoms with Gasteiger partial charge in [0, 0.05) is 46.6 Å². The van der Waals surface area contributed by atoms with Crippen LogP contribution in [0.2, 0.25) is 0 Å². The number of aromatic hydroxyl groups is 8. The van der Waals surface area contributed by atoms with E-state index in [4.69, 9.17) is 0 Å². The maximum atomic E-state index is 14.7. The Bertz CT molecular complexity index is 2080. The minimum absolute atomic E-state index is 0.130. The van der Waals surface area contributed by atoms with Crippen LogP contribution in [0, 0.1) is 5.92 Å². The number of ketones is 2. The topological polar surface area (TPSA) is 196 Å². The number of hydrogen-bond donors (Lipinski definition) is 8. The summed E-state index contributed by atoms with van der Waals surface area (Å²) in [6.45, 7) is 5.48. The number of allylic oxidation sites excluding steroid dienone is 5. The zero-order chi connectivity index (χ0) is 36.4. The molecule has 0 heterocycles. The number of benzene rings is 4. The third-order valence-corrected chi connectivity index (χ3v) is 9.00. The second kappa shape index (κ2) is 14.1. The van der Waals surface area contributed by atoms with Gasteiger partial charge in [-0.3, -0.25) is 9.59 Å². The molecule has 8 N–H and O–H groups in total. The number of Topliss-reactive ketones (excluding diaryl/α,β-unsaturated/α-hetero) is 1. The summed E-state index contributed by atoms with van der Waals surface area (Å²) in [6, 6.07) is 12.8. The molecule has 0 amide bonds. The van der Waals surface area contributed by atoms with E-state index in [1.54, 1.807) is 19.1 Å². The summed E-state index contributed by atoms with van der Waals surface area (Å²) in [4.78, 5) is 28.1. The molecule has 3 atom stereocenters. The Kier molecular flexibility index (Phi) is 9.94. The predicted octanol–water partition coefficient (Wildman–Crippen LogP) is 7.45. The van der Waals surface area contributed by atoms with Crippen LogP contribution in [0.25, 0.3) is 6.08 Å². The van der Waals surface area contributed by atoms with Gasteiger partial charge in [0.2, 0.25) is 0 Å². The number of carbonyl (C=O) groups is 2. The van der Waals surface area contributed by atoms with Gasteiger partial charge in [-0.25, -0.2) is 0 Å². The summed E-state index contributed by atoms with van der Waals surface area (Å²) >= 11 is 0. The molecule has 0 saturated carbocycles. The zero-order valence-corrected chi connectivity index (χ0v) is 27.6. The maximum absolute atomic E-state index is 14.7. The van der Waals surface area contributed by atoms with Crippen LogP contribution in [0.1, 0.15) is 82.0 Å². The number of rotatable bonds is 9. The fourth-order valence-corrected chi connectivity index (χ4v) is 6.52. The van der Waals surface area contributed by atoms with E-state index in [2.05, 4.69) is 0 Å². The van der Waals surface area contributed by atoms with Gasteiger partial charge in [0.25, 0.3) is 0 Å². The van der Waals surface area contributed by atoms with Crippen molar-refractivity contribution in [1.29, 1.82) is 0 Å². The quantitative estimate of drug-likeness (QED) is 0.0500. The Morgan fingerprint density at radius 2 is 1.38 bits per heavy atom. The minimum atomic E-state index is -1.19. The van der Waals surface area contributed by atoms with Crippen molar-refractivity contribution in [2.24, 2.45) is 5.92 Å². The summed E-state index contributed by atoms with van der Waals surface area (Å²) in [5.41, 5.74) is 1.82. The standard InChI is InChI=1S/C40H38O10/c1-20(2)4-9-26-32(44)14-12-28(38(26)48)40(50)36-29(25-10-8-24(42)19-35(25)47)16-21(3)17-30(36)37-33(45)15-11-27(39(37)49)31(43)13-6-22-5-7-23(41)18-34(22)46/h4-8,10-15,17-19,29-30,36,41-42,44-49H,9,16H2,1-3H3/b13-6+/t29-,30-,36-/m0/s1. The molecule has 10 heteroatoms. The van der Waals surface area contributed by atoms with Crippen LogP contribution in [0.3, 0.4) is 0 Å². The summed E-state index contributed by atoms with van der Waals surface area (Å²) in [5, 5.41) is 85.5. The molecule has 258 valence electrons. The van der Waals surface area contributed by atoms with Gasteiger partial charge in [0.15, 0.2) is 11.6 Å². The first-order chi connectivity index (χ1) is 23.7. The lowest BCUT2D eigenvalue weighted by atomic mass is 9.65. The Labute approximate surface area is 288 Å². The predicted molar refractivity (Wildman–Crippen MR) is 187 cm³/mol. The van der Waals surface area contributed by atoms with Crippen LogP contribution in [0.5, 0.6) is 46.0 Å². The highest BCUT2D eigenvalue weighted by Crippen LogP contribution is 2.53. The highest BCUT2D eigenvalue weighted by molar-refractivity contribution is 6.09. The first-order valence-corrected chi connectivity index (χ1v) is 15.9. The van der Waals surface area contributed by atoms with Crippen molar-refractivity contribution < 1.29 is 50.4 Å². The first kappa shape index (κ1) is 35.2. The van der Waals surface area contributed by atoms with Gasteiger partial charge >= 0.3 is 0 Å². The molecule has 1 aliphatic rings. The molecule has 1 aliphatic carbocycles. The third kappa shape index (κ3) is 7.00. The van der Waals surface area contributed by atoms with Crippen molar-refractivity contribution in [1.82, 2.24) is 0 Å². The molecule has 0 aliphatic heterocycles. The largest absolute Gasteiger partial charge is 0.508 e. The fourth-order valence-electron chi connectivity index (χ4n) is 6.52. The molecule has 0 unspecified atom stereocenters. The Hall–Kier alpha value is -6.16. The average Bonchev–Trinajstić information content (AvgIpc) is 3.03. The minimum Gasteiger partial charge on any atom is -0.508 e. The number of hydrogen-bond acceptors (Lipinski definition) is 10. The van der Waals surface area contributed by atoms with E-state index in [9.17, 15) is 50.4 Å². The van der Waals surface area contributed by atoms with Crippen LogP contribution < -0.4 is 0 Å². The van der Waals surface area contributed by atoms with Crippen molar-refractivity contribution in [2.75, 3.05) is 0 Å². The van der Waals surface area contributed by atoms with E-state index in [1.807, 2.05) is 13.8 Å². The van der Waals surface area contributed by atoms with Crippen LogP contribution in [-0.4, -0.2) is 52.4 Å². The van der Waals surface area contributed by atoms with E-state index in [-0.39, 0.29) is 69.4 Å². The van der Waals surface area contributed by atoms with Crippen molar-refractivity contribution in [3.63, 3.8) is 0 Å². The molecule has 4 aromatic rings. The molecule has 0 spiro atoms. The first-order valence-electron chi connectivity index (χ1n) is 15.9. The van der Waals surface area contributed by atoms with Crippen LogP contribution >= 0.6 is 0 Å². The highest BCUT2D eigenvalue weighted by Gasteiger charge is 2.43. The summed E-state index contributed by atoms with van der Waals surface area (Å²) < 4.78 is 0. The van der Waals surface area contributed by atoms with Gasteiger partial charge in [0.1, 0.15) is 46.0 Å². The molecular formula is C40H38O10. The van der Waals surface area contributed by atoms with Crippen molar-refractivity contribution in [2.45, 2.75) is 45.4 Å². The van der Waals surface area contributed by atoms with Gasteiger partial charge in [0.05, 0.1) is 11.1 Å². The van der Waals surface area contributed by atoms with Gasteiger partial charge in [-0.1, -0.05) is 29.4 Å². The molecule has 0 aromatic heterocycles. The Morgan fingerprint density at radius 3 is 2.04 bits per heavy atom. The molecule has 10 nitrogen and oxygen atoms in total. The number of phenolic OH excluding ortho intramolecular Hbond substituents is 8. The second-order valence-corrected chi connectivity index (χ2v) is 12.8. The molecule has 50 heavy (non-hydrogen) atoms. The molecule has 4 aromatic carbocycles. The number of phenols is 8. The molecule has 0 radical (unpaired) electrons. The molecular weight excluding hydrogens is 640 g/mol. The average molecular weight is 679 g/mol. The highest BCUT2D eigenvalue weighted by atomic mass is 16.3. The molecule has 5 rings (SSSR count). The van der Waals surface area contributed by atoms with Gasteiger partial charge in [-0.15, -0.1) is 0 Å². The smallest absolute Gasteiger partial charge is 0.189 e. The maximum Gasteiger partial charge on any atom is 0.189 e. The van der Waals surface area contributed by atoms with Gasteiger partial charge < -0.3 is 40.9 Å². The molecule has 0 saturated heterocycles. The lowest BCUT2D eigenvalue weighted by Crippen LogP contribution is -2.32. The van der Waals surface area contributed by atoms with Crippen LogP contribution in [-0.2, 0) is 6.42 Å². The third-order valence-electron chi connectivity index (χ3n) is 9.00. The molecule has 0 fully saturated rings. The summed E-state index contributed by atoms with van der Waals surface area (Å²) in [7, 11) is 0. The second-order valence-electron chi connectivity index (χ2n) is 12.8. The van der Waals surface area contributed by atoms with E-state index >= 15 is 0 Å². The van der Waals surface area contributed by atoms with Crippen molar-refractivity contribution in [3.05, 3.63) is 123 Å². The molecule has 0 bridgehead atoms. The normalized spacial score (nSPS) is 17.3. The Balaban J connectivity index is 1.67. The lowest BCUT2D eigenvalue weighted by Gasteiger charge is -2.37. The van der Waals surface area contributed by atoms with E-state index < -0.39 is 46.6 Å². The lowest BCUT2D eigenvalue weighted by molar-refractivity contribution is 0.0876. The van der Waals surface area contributed by atoms with E-state index in [0.29, 0.717) is 5.56 Å². The van der Waals surface area contributed by atoms with Gasteiger partial charge in [-0.05, 0) is 93.8 Å². The SMILES string of the molecule is CC(C)=CCc1c(O)ccc(C(=O)[C@@H]2[C@@H](c3c(O)ccc(C(=O)/C=C/c4ccc(O)cc4O)c3O)C=C(C)C[C@H]2c2ccc(O)cc2O)c1O. The van der Waals surface area contributed by atoms with E-state index in [0.717, 1.165) is 29.4 Å². The summed E-state index contributed by atoms with van der Waals surface area (Å²) in [6.07, 6.45) is 6.25. The van der Waals surface area contributed by atoms with Crippen molar-refractivity contribution in [3.8, 4) is 46.0 Å². The fraction of sp³-hybridized carbons (Fsp3) is 0.200. The monoisotopic (exact) mass is 678 g/mol. The van der Waals surface area contributed by atoms with Crippen LogP contribution in [0.4, 0.5) is 0 Å². The van der Waals surface area contributed by atoms with Crippen molar-refractivity contribution >= 4 is 17.6 Å². The van der Waals surface area contributed by atoms with Gasteiger partial charge in [-0.2, -0.15) is 0 Å². The zero-order valence-electron chi connectivity index (χ0n) is 27.6. The van der Waals surface area contributed by atoms with E-state index in [1.165, 1.54) is 54.6 Å². The Morgan fingerprint density at radius 1 is 0.740 bits per heavy atom.